The monoisotopic (exact) mass is 1700 g/mol. The minimum absolute atomic E-state index is 0. The van der Waals surface area contributed by atoms with Gasteiger partial charge in [-0.1, -0.05) is 121 Å². The molecular formula is C92H36F16N4Pt. The minimum atomic E-state index is -2.07. The Labute approximate surface area is 638 Å². The summed E-state index contributed by atoms with van der Waals surface area (Å²) in [6.45, 7) is 0. The minimum Gasteiger partial charge on any atom is -0.656 e. The summed E-state index contributed by atoms with van der Waals surface area (Å²) in [6.07, 6.45) is 0. The molecule has 4 heterocycles. The van der Waals surface area contributed by atoms with Crippen molar-refractivity contribution in [2.45, 2.75) is 0 Å². The Balaban J connectivity index is 0.00000830. The molecule has 0 amide bonds. The summed E-state index contributed by atoms with van der Waals surface area (Å²) in [6, 6.07) is 56.9. The van der Waals surface area contributed by atoms with Crippen LogP contribution in [0.5, 0.6) is 0 Å². The van der Waals surface area contributed by atoms with Gasteiger partial charge < -0.3 is 9.97 Å². The summed E-state index contributed by atoms with van der Waals surface area (Å²) >= 11 is 0. The molecule has 0 atom stereocenters. The van der Waals surface area contributed by atoms with Gasteiger partial charge in [-0.05, 0) is 206 Å². The van der Waals surface area contributed by atoms with Crippen LogP contribution in [0, 0.1) is 93.1 Å². The fourth-order valence-corrected chi connectivity index (χ4v) is 16.6. The van der Waals surface area contributed by atoms with Crippen LogP contribution in [0.2, 0.25) is 0 Å². The summed E-state index contributed by atoms with van der Waals surface area (Å²) in [4.78, 5) is 23.0. The average Bonchev–Trinajstić information content (AvgIpc) is 1.49. The Morgan fingerprint density at radius 3 is 0.496 bits per heavy atom. The molecule has 0 spiro atoms. The zero-order valence-electron chi connectivity index (χ0n) is 56.9. The molecule has 0 fully saturated rings. The van der Waals surface area contributed by atoms with Crippen molar-refractivity contribution in [3.63, 3.8) is 0 Å². The van der Waals surface area contributed by atoms with E-state index < -0.39 is 136 Å². The summed E-state index contributed by atoms with van der Waals surface area (Å²) in [5.41, 5.74) is 4.21. The van der Waals surface area contributed by atoms with Crippen LogP contribution in [0.25, 0.3) is 219 Å². The number of fused-ring (bicyclic) bond motifs is 8. The van der Waals surface area contributed by atoms with Gasteiger partial charge in [0.25, 0.3) is 0 Å². The summed E-state index contributed by atoms with van der Waals surface area (Å²) in [5.74, 6) is -30.0. The van der Waals surface area contributed by atoms with E-state index in [0.717, 1.165) is 48.5 Å². The van der Waals surface area contributed by atoms with E-state index in [4.69, 9.17) is 19.9 Å². The molecule has 0 saturated carbocycles. The molecular weight excluding hydrogens is 1660 g/mol. The first-order valence-corrected chi connectivity index (χ1v) is 34.7. The van der Waals surface area contributed by atoms with E-state index in [1.165, 1.54) is 0 Å². The first kappa shape index (κ1) is 69.0. The van der Waals surface area contributed by atoms with Crippen molar-refractivity contribution in [3.8, 4) is 89.5 Å². The predicted octanol–water partition coefficient (Wildman–Crippen LogP) is 26.7. The quantitative estimate of drug-likeness (QED) is 0.0763. The third-order valence-electron chi connectivity index (χ3n) is 21.7. The Morgan fingerprint density at radius 1 is 0.177 bits per heavy atom. The fourth-order valence-electron chi connectivity index (χ4n) is 16.6. The second kappa shape index (κ2) is 24.9. The van der Waals surface area contributed by atoms with Gasteiger partial charge in [0.15, 0.2) is 93.1 Å². The van der Waals surface area contributed by atoms with E-state index in [2.05, 4.69) is 0 Å². The molecule has 0 N–H and O–H groups in total. The molecule has 0 radical (unpaired) electrons. The molecule has 0 unspecified atom stereocenters. The maximum atomic E-state index is 16.3. The van der Waals surface area contributed by atoms with Gasteiger partial charge >= 0.3 is 21.1 Å². The molecule has 21 heteroatoms. The van der Waals surface area contributed by atoms with Crippen LogP contribution in [0.4, 0.5) is 70.2 Å². The largest absolute Gasteiger partial charge is 2.00 e. The van der Waals surface area contributed by atoms with E-state index in [1.54, 1.807) is 170 Å². The molecule has 2 aromatic heterocycles. The molecule has 21 rings (SSSR count). The van der Waals surface area contributed by atoms with Gasteiger partial charge in [0, 0.05) is 65.3 Å². The number of rotatable bonds is 4. The second-order valence-electron chi connectivity index (χ2n) is 27.8. The number of hydrogen-bond donors (Lipinski definition) is 0. The number of benzene rings is 16. The van der Waals surface area contributed by atoms with Crippen LogP contribution in [0.1, 0.15) is 0 Å². The van der Waals surface area contributed by atoms with Crippen molar-refractivity contribution >= 4 is 130 Å². The second-order valence-corrected chi connectivity index (χ2v) is 27.8. The van der Waals surface area contributed by atoms with E-state index >= 15 is 70.2 Å². The molecule has 4 nitrogen and oxygen atoms in total. The molecule has 0 saturated heterocycles. The zero-order chi connectivity index (χ0) is 76.6. The molecule has 8 bridgehead atoms. The SMILES string of the molecule is Fc1c(F)c(F)c2cc3cc4c(cc3cc2c1F)-c1nc-4c(-c2ccccc2)c2[n-]c(c(-c3ccccc3)c3nc(c(-c4ccccc4)c4[n-]c(c1-c1ccccc1)c1cc5cc6c(F)c(F)c(F)c(F)c6cc5cc41)-c1cc4cc5c(F)c(F)c(F)c(F)c5cc4cc1-3)c1cc3cc4c(F)c(F)c(F)c(F)c4cc3cc21.[Pt+2]. The molecule has 3 aliphatic rings. The van der Waals surface area contributed by atoms with Crippen LogP contribution in [-0.4, -0.2) is 9.97 Å². The molecule has 113 heavy (non-hydrogen) atoms. The van der Waals surface area contributed by atoms with E-state index in [0.29, 0.717) is 22.3 Å². The third-order valence-corrected chi connectivity index (χ3v) is 21.7. The Hall–Kier alpha value is -13.2. The average molecular weight is 1700 g/mol. The Bertz CT molecular complexity index is 6910. The molecule has 18 aromatic rings. The van der Waals surface area contributed by atoms with Crippen LogP contribution in [0.15, 0.2) is 218 Å². The van der Waals surface area contributed by atoms with E-state index in [1.807, 2.05) is 0 Å². The van der Waals surface area contributed by atoms with Crippen molar-refractivity contribution in [2.75, 3.05) is 0 Å². The van der Waals surface area contributed by atoms with Crippen LogP contribution >= 0.6 is 0 Å². The standard InChI is InChI=1S/C92H36F16N4.Pt/c93-69-49-21-41-29-57-59(31-43(41)23-51(49)71(95)79(103)77(69)101)87-66(38-15-7-2-8-16-38)89-61-33-45-25-53-55(75(99)83(107)81(105)73(53)97)27-47(45)35-63(61)91(111-89)68(40-19-11-4-12-20-40)92-64-36-48-28-56-54(74(98)82(106)84(108)76(56)100)26-46(48)34-62(64)90(112-92)67(39-17-9-3-10-18-39)88-60-32-44-24-52-50(70(94)78(102)80(104)72(52)96)22-42(44)30-58(60)86(110-88)65(85(57)109-87)37-13-5-1-6-14-37;/h1-36H;/q-2;+2. The number of halogens is 16. The first-order chi connectivity index (χ1) is 54.2. The van der Waals surface area contributed by atoms with E-state index in [-0.39, 0.29) is 175 Å². The van der Waals surface area contributed by atoms with Gasteiger partial charge in [-0.25, -0.2) is 80.2 Å². The smallest absolute Gasteiger partial charge is 0.656 e. The Kier molecular flexibility index (Phi) is 15.2. The summed E-state index contributed by atoms with van der Waals surface area (Å²) < 4.78 is 254. The van der Waals surface area contributed by atoms with Crippen molar-refractivity contribution in [1.29, 1.82) is 0 Å². The van der Waals surface area contributed by atoms with Crippen molar-refractivity contribution in [1.82, 2.24) is 19.9 Å². The number of hydrogen-bond acceptors (Lipinski definition) is 2. The van der Waals surface area contributed by atoms with Crippen LogP contribution in [0.3, 0.4) is 0 Å². The fraction of sp³-hybridized carbons (Fsp3) is 0. The van der Waals surface area contributed by atoms with Crippen molar-refractivity contribution < 1.29 is 91.3 Å². The topological polar surface area (TPSA) is 54.0 Å². The third kappa shape index (κ3) is 9.84. The maximum Gasteiger partial charge on any atom is 2.00 e. The van der Waals surface area contributed by atoms with Gasteiger partial charge in [0.05, 0.1) is 22.8 Å². The van der Waals surface area contributed by atoms with E-state index in [9.17, 15) is 0 Å². The molecule has 546 valence electrons. The zero-order valence-corrected chi connectivity index (χ0v) is 59.2. The van der Waals surface area contributed by atoms with Gasteiger partial charge in [-0.2, -0.15) is 0 Å². The summed E-state index contributed by atoms with van der Waals surface area (Å²) in [7, 11) is 0. The van der Waals surface area contributed by atoms with Gasteiger partial charge in [-0.15, -0.1) is 22.1 Å². The Morgan fingerprint density at radius 2 is 0.327 bits per heavy atom. The van der Waals surface area contributed by atoms with Gasteiger partial charge in [0.1, 0.15) is 0 Å². The molecule has 16 aromatic carbocycles. The molecule has 2 aliphatic heterocycles. The van der Waals surface area contributed by atoms with Gasteiger partial charge in [-0.3, -0.25) is 0 Å². The first-order valence-electron chi connectivity index (χ1n) is 34.7. The normalized spacial score (nSPS) is 12.2. The summed E-state index contributed by atoms with van der Waals surface area (Å²) in [5, 5.41) is -2.83. The van der Waals surface area contributed by atoms with Crippen LogP contribution in [-0.2, 0) is 21.1 Å². The van der Waals surface area contributed by atoms with Crippen molar-refractivity contribution in [2.24, 2.45) is 0 Å². The van der Waals surface area contributed by atoms with Crippen LogP contribution < -0.4 is 9.97 Å². The van der Waals surface area contributed by atoms with Crippen molar-refractivity contribution in [3.05, 3.63) is 311 Å². The van der Waals surface area contributed by atoms with Gasteiger partial charge in [0.2, 0.25) is 0 Å². The number of nitrogens with zero attached hydrogens (tertiary/aromatic N) is 4. The molecule has 1 aliphatic carbocycles. The number of aromatic nitrogens is 4. The predicted molar refractivity (Wildman–Crippen MR) is 404 cm³/mol. The maximum absolute atomic E-state index is 16.3.